The van der Waals surface area contributed by atoms with Crippen molar-refractivity contribution in [1.82, 2.24) is 14.5 Å². The molecule has 3 aliphatic rings. The fourth-order valence-corrected chi connectivity index (χ4v) is 3.55. The van der Waals surface area contributed by atoms with Crippen LogP contribution in [0.1, 0.15) is 28.9 Å². The van der Waals surface area contributed by atoms with Crippen molar-refractivity contribution >= 4 is 11.5 Å². The summed E-state index contributed by atoms with van der Waals surface area (Å²) in [6.45, 7) is 5.15. The molecule has 3 aliphatic heterocycles. The Morgan fingerprint density at radius 3 is 2.86 bits per heavy atom. The van der Waals surface area contributed by atoms with Gasteiger partial charge in [-0.1, -0.05) is 6.07 Å². The summed E-state index contributed by atoms with van der Waals surface area (Å²) in [7, 11) is 0. The molecule has 5 rings (SSSR count). The van der Waals surface area contributed by atoms with Crippen LogP contribution >= 0.6 is 0 Å². The quantitative estimate of drug-likeness (QED) is 0.791. The number of rotatable bonds is 2. The maximum Gasteiger partial charge on any atom is 0.342 e. The van der Waals surface area contributed by atoms with E-state index in [1.54, 1.807) is 10.7 Å². The summed E-state index contributed by atoms with van der Waals surface area (Å²) in [6, 6.07) is 5.83. The first-order chi connectivity index (χ1) is 10.2. The summed E-state index contributed by atoms with van der Waals surface area (Å²) in [5.41, 5.74) is 2.39. The number of nitrogens with zero attached hydrogens (tertiary/aromatic N) is 3. The molecule has 0 aliphatic carbocycles. The van der Waals surface area contributed by atoms with E-state index in [1.165, 1.54) is 0 Å². The lowest BCUT2D eigenvalue weighted by molar-refractivity contribution is -0.0454. The van der Waals surface area contributed by atoms with Crippen molar-refractivity contribution in [2.75, 3.05) is 19.6 Å². The second-order valence-electron chi connectivity index (χ2n) is 6.10. The maximum atomic E-state index is 12.5. The molecule has 1 atom stereocenters. The average molecular weight is 285 g/mol. The molecule has 3 fully saturated rings. The van der Waals surface area contributed by atoms with Gasteiger partial charge >= 0.3 is 5.97 Å². The minimum Gasteiger partial charge on any atom is -0.457 e. The van der Waals surface area contributed by atoms with Crippen LogP contribution in [0.5, 0.6) is 0 Å². The topological polar surface area (TPSA) is 46.8 Å². The van der Waals surface area contributed by atoms with Gasteiger partial charge in [0.15, 0.2) is 0 Å². The number of esters is 1. The number of hydrogen-bond acceptors (Lipinski definition) is 4. The van der Waals surface area contributed by atoms with Crippen LogP contribution in [0.15, 0.2) is 24.4 Å². The first-order valence-electron chi connectivity index (χ1n) is 7.59. The highest BCUT2D eigenvalue weighted by atomic mass is 16.5. The van der Waals surface area contributed by atoms with E-state index < -0.39 is 0 Å². The standard InChI is InChI=1S/C16H19N3O2/c1-11-3-2-4-14-13(9-17-19(11)14)16(20)21-15-10-18-7-5-12(15)6-8-18/h2-4,9,12,15H,5-8,10H2,1H3/t15-/m1/s1. The highest BCUT2D eigenvalue weighted by Gasteiger charge is 2.36. The zero-order valence-corrected chi connectivity index (χ0v) is 12.2. The molecular weight excluding hydrogens is 266 g/mol. The predicted molar refractivity (Wildman–Crippen MR) is 78.3 cm³/mol. The molecule has 2 aromatic heterocycles. The largest absolute Gasteiger partial charge is 0.457 e. The van der Waals surface area contributed by atoms with Crippen LogP contribution in [0.4, 0.5) is 0 Å². The van der Waals surface area contributed by atoms with Gasteiger partial charge in [0.2, 0.25) is 0 Å². The lowest BCUT2D eigenvalue weighted by Gasteiger charge is -2.43. The molecule has 3 saturated heterocycles. The summed E-state index contributed by atoms with van der Waals surface area (Å²) in [5, 5.41) is 4.29. The molecule has 0 radical (unpaired) electrons. The van der Waals surface area contributed by atoms with Gasteiger partial charge in [0.1, 0.15) is 11.7 Å². The van der Waals surface area contributed by atoms with Crippen LogP contribution in [0.25, 0.3) is 5.52 Å². The molecule has 0 amide bonds. The van der Waals surface area contributed by atoms with E-state index in [2.05, 4.69) is 10.00 Å². The molecule has 0 aromatic carbocycles. The molecule has 110 valence electrons. The molecule has 0 spiro atoms. The second-order valence-corrected chi connectivity index (χ2v) is 6.10. The summed E-state index contributed by atoms with van der Waals surface area (Å²) in [5.74, 6) is 0.289. The average Bonchev–Trinajstić information content (AvgIpc) is 2.94. The van der Waals surface area contributed by atoms with Gasteiger partial charge in [-0.15, -0.1) is 0 Å². The van der Waals surface area contributed by atoms with Gasteiger partial charge in [0.25, 0.3) is 0 Å². The molecule has 2 bridgehead atoms. The Labute approximate surface area is 123 Å². The molecule has 0 saturated carbocycles. The summed E-state index contributed by atoms with van der Waals surface area (Å²) >= 11 is 0. The Kier molecular flexibility index (Phi) is 2.96. The fourth-order valence-electron chi connectivity index (χ4n) is 3.55. The molecule has 0 N–H and O–H groups in total. The molecule has 5 heteroatoms. The summed E-state index contributed by atoms with van der Waals surface area (Å²) < 4.78 is 7.57. The third-order valence-electron chi connectivity index (χ3n) is 4.81. The Morgan fingerprint density at radius 2 is 2.14 bits per heavy atom. The highest BCUT2D eigenvalue weighted by Crippen LogP contribution is 2.30. The number of carbonyl (C=O) groups is 1. The Bertz CT molecular complexity index is 686. The highest BCUT2D eigenvalue weighted by molar-refractivity contribution is 5.96. The van der Waals surface area contributed by atoms with E-state index in [0.29, 0.717) is 11.5 Å². The minimum absolute atomic E-state index is 0.0414. The van der Waals surface area contributed by atoms with Crippen molar-refractivity contribution < 1.29 is 9.53 Å². The zero-order valence-electron chi connectivity index (χ0n) is 12.2. The number of fused-ring (bicyclic) bond motifs is 4. The number of carbonyl (C=O) groups excluding carboxylic acids is 1. The number of pyridine rings is 1. The van der Waals surface area contributed by atoms with E-state index in [4.69, 9.17) is 4.74 Å². The van der Waals surface area contributed by atoms with Crippen LogP contribution in [0.3, 0.4) is 0 Å². The lowest BCUT2D eigenvalue weighted by Crippen LogP contribution is -2.51. The van der Waals surface area contributed by atoms with E-state index in [-0.39, 0.29) is 12.1 Å². The number of ether oxygens (including phenoxy) is 1. The Balaban J connectivity index is 1.58. The van der Waals surface area contributed by atoms with Gasteiger partial charge < -0.3 is 4.74 Å². The Morgan fingerprint density at radius 1 is 1.33 bits per heavy atom. The first-order valence-corrected chi connectivity index (χ1v) is 7.59. The summed E-state index contributed by atoms with van der Waals surface area (Å²) in [4.78, 5) is 14.9. The van der Waals surface area contributed by atoms with Crippen molar-refractivity contribution in [3.05, 3.63) is 35.7 Å². The third-order valence-corrected chi connectivity index (χ3v) is 4.81. The normalized spacial score (nSPS) is 28.0. The summed E-state index contributed by atoms with van der Waals surface area (Å²) in [6.07, 6.45) is 3.95. The van der Waals surface area contributed by atoms with Crippen LogP contribution in [0, 0.1) is 12.8 Å². The monoisotopic (exact) mass is 285 g/mol. The van der Waals surface area contributed by atoms with Crippen molar-refractivity contribution in [3.63, 3.8) is 0 Å². The SMILES string of the molecule is Cc1cccc2c(C(=O)O[C@@H]3CN4CCC3CC4)cnn12. The van der Waals surface area contributed by atoms with E-state index in [0.717, 1.165) is 43.7 Å². The number of aromatic nitrogens is 2. The van der Waals surface area contributed by atoms with E-state index in [1.807, 2.05) is 25.1 Å². The second kappa shape index (κ2) is 4.84. The third kappa shape index (κ3) is 2.12. The van der Waals surface area contributed by atoms with Crippen molar-refractivity contribution in [1.29, 1.82) is 0 Å². The molecule has 5 nitrogen and oxygen atoms in total. The molecule has 2 aromatic rings. The number of hydrogen-bond donors (Lipinski definition) is 0. The van der Waals surface area contributed by atoms with Crippen LogP contribution in [-0.2, 0) is 4.74 Å². The van der Waals surface area contributed by atoms with Gasteiger partial charge in [0, 0.05) is 12.2 Å². The molecule has 21 heavy (non-hydrogen) atoms. The predicted octanol–water partition coefficient (Wildman–Crippen LogP) is 1.89. The zero-order chi connectivity index (χ0) is 14.4. The smallest absolute Gasteiger partial charge is 0.342 e. The van der Waals surface area contributed by atoms with Crippen molar-refractivity contribution in [2.24, 2.45) is 5.92 Å². The van der Waals surface area contributed by atoms with Crippen molar-refractivity contribution in [3.8, 4) is 0 Å². The van der Waals surface area contributed by atoms with Gasteiger partial charge in [-0.2, -0.15) is 5.10 Å². The van der Waals surface area contributed by atoms with Gasteiger partial charge in [-0.3, -0.25) is 4.90 Å². The van der Waals surface area contributed by atoms with E-state index >= 15 is 0 Å². The minimum atomic E-state index is -0.241. The maximum absolute atomic E-state index is 12.5. The van der Waals surface area contributed by atoms with Gasteiger partial charge in [0.05, 0.1) is 11.7 Å². The number of aryl methyl sites for hydroxylation is 1. The van der Waals surface area contributed by atoms with E-state index in [9.17, 15) is 4.79 Å². The van der Waals surface area contributed by atoms with Gasteiger partial charge in [-0.25, -0.2) is 9.31 Å². The van der Waals surface area contributed by atoms with Crippen LogP contribution in [-0.4, -0.2) is 46.2 Å². The number of piperidine rings is 3. The lowest BCUT2D eigenvalue weighted by atomic mass is 9.86. The molecule has 0 unspecified atom stereocenters. The first kappa shape index (κ1) is 12.8. The molecular formula is C16H19N3O2. The van der Waals surface area contributed by atoms with Gasteiger partial charge in [-0.05, 0) is 50.9 Å². The Hall–Kier alpha value is -1.88. The fraction of sp³-hybridized carbons (Fsp3) is 0.500. The van der Waals surface area contributed by atoms with Crippen LogP contribution in [0.2, 0.25) is 0 Å². The van der Waals surface area contributed by atoms with Crippen molar-refractivity contribution in [2.45, 2.75) is 25.9 Å². The van der Waals surface area contributed by atoms with Crippen LogP contribution < -0.4 is 0 Å². The molecule has 5 heterocycles.